The summed E-state index contributed by atoms with van der Waals surface area (Å²) in [5.74, 6) is -0.834. The Hall–Kier alpha value is -1.96. The molecule has 23 heavy (non-hydrogen) atoms. The lowest BCUT2D eigenvalue weighted by Gasteiger charge is -2.24. The van der Waals surface area contributed by atoms with Crippen molar-refractivity contribution in [2.75, 3.05) is 25.1 Å². The lowest BCUT2D eigenvalue weighted by Crippen LogP contribution is -2.37. The molecule has 5 nitrogen and oxygen atoms in total. The first kappa shape index (κ1) is 19.1. The van der Waals surface area contributed by atoms with Gasteiger partial charge in [-0.3, -0.25) is 0 Å². The summed E-state index contributed by atoms with van der Waals surface area (Å²) in [5, 5.41) is 14.0. The molecule has 1 rings (SSSR count). The third kappa shape index (κ3) is 7.23. The van der Waals surface area contributed by atoms with Crippen LogP contribution in [0.25, 0.3) is 0 Å². The van der Waals surface area contributed by atoms with Crippen LogP contribution < -0.4 is 15.4 Å². The van der Waals surface area contributed by atoms with Gasteiger partial charge in [-0.2, -0.15) is 0 Å². The second-order valence-electron chi connectivity index (χ2n) is 5.79. The molecule has 1 aromatic rings. The lowest BCUT2D eigenvalue weighted by atomic mass is 9.90. The van der Waals surface area contributed by atoms with Crippen molar-refractivity contribution < 1.29 is 27.8 Å². The Kier molecular flexibility index (Phi) is 7.15. The molecule has 0 radical (unpaired) electrons. The molecule has 0 aromatic heterocycles. The minimum atomic E-state index is -2.71. The molecular formula is C15H21F3N2O3. The van der Waals surface area contributed by atoms with E-state index >= 15 is 0 Å². The molecule has 3 N–H and O–H groups in total. The Morgan fingerprint density at radius 2 is 2.09 bits per heavy atom. The maximum absolute atomic E-state index is 13.2. The van der Waals surface area contributed by atoms with Gasteiger partial charge in [0.1, 0.15) is 18.2 Å². The van der Waals surface area contributed by atoms with Crippen LogP contribution in [-0.2, 0) is 0 Å². The van der Waals surface area contributed by atoms with Crippen molar-refractivity contribution in [3.63, 3.8) is 0 Å². The minimum Gasteiger partial charge on any atom is -0.485 e. The van der Waals surface area contributed by atoms with Crippen molar-refractivity contribution in [2.45, 2.75) is 26.7 Å². The Morgan fingerprint density at radius 3 is 2.70 bits per heavy atom. The molecule has 2 amide bonds. The maximum Gasteiger partial charge on any atom is 0.319 e. The number of ether oxygens (including phenoxy) is 1. The summed E-state index contributed by atoms with van der Waals surface area (Å²) in [5.41, 5.74) is -0.214. The quantitative estimate of drug-likeness (QED) is 0.684. The van der Waals surface area contributed by atoms with Gasteiger partial charge < -0.3 is 20.5 Å². The van der Waals surface area contributed by atoms with Crippen LogP contribution >= 0.6 is 0 Å². The number of urea groups is 1. The molecule has 0 fully saturated rings. The number of alkyl halides is 2. The van der Waals surface area contributed by atoms with Gasteiger partial charge in [0, 0.05) is 19.2 Å². The van der Waals surface area contributed by atoms with Gasteiger partial charge in [0.2, 0.25) is 0 Å². The van der Waals surface area contributed by atoms with E-state index < -0.39 is 24.9 Å². The Morgan fingerprint density at radius 1 is 1.39 bits per heavy atom. The minimum absolute atomic E-state index is 0.000122. The van der Waals surface area contributed by atoms with Crippen LogP contribution in [0.4, 0.5) is 23.7 Å². The first-order valence-corrected chi connectivity index (χ1v) is 7.10. The Bertz CT molecular complexity index is 525. The van der Waals surface area contributed by atoms with E-state index in [9.17, 15) is 18.0 Å². The van der Waals surface area contributed by atoms with Crippen molar-refractivity contribution >= 4 is 11.7 Å². The molecule has 0 aliphatic rings. The molecule has 0 saturated heterocycles. The molecule has 0 spiro atoms. The Labute approximate surface area is 132 Å². The number of carbonyl (C=O) groups excluding carboxylic acids is 1. The van der Waals surface area contributed by atoms with E-state index in [0.29, 0.717) is 13.0 Å². The number of rotatable bonds is 8. The molecule has 0 saturated carbocycles. The van der Waals surface area contributed by atoms with Crippen LogP contribution in [0.3, 0.4) is 0 Å². The second-order valence-corrected chi connectivity index (χ2v) is 5.79. The second kappa shape index (κ2) is 8.61. The average molecular weight is 334 g/mol. The summed E-state index contributed by atoms with van der Waals surface area (Å²) >= 11 is 0. The third-order valence-corrected chi connectivity index (χ3v) is 3.07. The van der Waals surface area contributed by atoms with E-state index in [1.54, 1.807) is 0 Å². The highest BCUT2D eigenvalue weighted by atomic mass is 19.3. The third-order valence-electron chi connectivity index (χ3n) is 3.07. The number of aliphatic hydroxyl groups excluding tert-OH is 1. The molecule has 0 heterocycles. The number of benzene rings is 1. The molecule has 0 bridgehead atoms. The van der Waals surface area contributed by atoms with Gasteiger partial charge in [0.05, 0.1) is 5.69 Å². The fraction of sp³-hybridized carbons (Fsp3) is 0.533. The number of anilines is 1. The molecule has 130 valence electrons. The molecule has 0 aliphatic carbocycles. The number of carbonyl (C=O) groups is 1. The van der Waals surface area contributed by atoms with Crippen molar-refractivity contribution in [3.05, 3.63) is 24.0 Å². The average Bonchev–Trinajstić information content (AvgIpc) is 2.45. The van der Waals surface area contributed by atoms with Gasteiger partial charge >= 0.3 is 6.03 Å². The van der Waals surface area contributed by atoms with Gasteiger partial charge in [0.25, 0.3) is 6.43 Å². The highest BCUT2D eigenvalue weighted by Crippen LogP contribution is 2.26. The monoisotopic (exact) mass is 334 g/mol. The summed E-state index contributed by atoms with van der Waals surface area (Å²) in [4.78, 5) is 11.9. The van der Waals surface area contributed by atoms with E-state index in [4.69, 9.17) is 9.84 Å². The fourth-order valence-corrected chi connectivity index (χ4v) is 1.75. The fourth-order valence-electron chi connectivity index (χ4n) is 1.75. The van der Waals surface area contributed by atoms with Gasteiger partial charge in [-0.1, -0.05) is 13.8 Å². The predicted octanol–water partition coefficient (Wildman–Crippen LogP) is 3.00. The van der Waals surface area contributed by atoms with Crippen LogP contribution in [-0.4, -0.2) is 37.3 Å². The van der Waals surface area contributed by atoms with Gasteiger partial charge in [-0.25, -0.2) is 18.0 Å². The van der Waals surface area contributed by atoms with Crippen LogP contribution in [0.15, 0.2) is 18.2 Å². The Balaban J connectivity index is 2.66. The zero-order valence-electron chi connectivity index (χ0n) is 13.0. The van der Waals surface area contributed by atoms with Crippen molar-refractivity contribution in [3.8, 4) is 5.75 Å². The molecule has 0 atom stereocenters. The van der Waals surface area contributed by atoms with E-state index in [1.165, 1.54) is 6.07 Å². The van der Waals surface area contributed by atoms with E-state index in [2.05, 4.69) is 10.6 Å². The van der Waals surface area contributed by atoms with Crippen molar-refractivity contribution in [2.24, 2.45) is 5.41 Å². The van der Waals surface area contributed by atoms with Crippen LogP contribution in [0.1, 0.15) is 20.3 Å². The smallest absolute Gasteiger partial charge is 0.319 e. The highest BCUT2D eigenvalue weighted by molar-refractivity contribution is 5.90. The number of amides is 2. The summed E-state index contributed by atoms with van der Waals surface area (Å²) in [7, 11) is 0. The predicted molar refractivity (Wildman–Crippen MR) is 80.4 cm³/mol. The summed E-state index contributed by atoms with van der Waals surface area (Å²) in [6.45, 7) is 3.15. The van der Waals surface area contributed by atoms with E-state index in [0.717, 1.165) is 12.1 Å². The highest BCUT2D eigenvalue weighted by Gasteiger charge is 2.19. The van der Waals surface area contributed by atoms with E-state index in [1.807, 2.05) is 13.8 Å². The molecule has 8 heteroatoms. The van der Waals surface area contributed by atoms with Crippen molar-refractivity contribution in [1.29, 1.82) is 0 Å². The standard InChI is InChI=1S/C15H21F3N2O3/c1-15(2,5-6-21)9-19-14(22)20-11-4-3-10(16)7-12(11)23-8-13(17)18/h3-4,7,13,21H,5-6,8-9H2,1-2H3,(H2,19,20,22). The first-order chi connectivity index (χ1) is 10.7. The number of hydrogen-bond donors (Lipinski definition) is 3. The topological polar surface area (TPSA) is 70.6 Å². The molecule has 1 aromatic carbocycles. The normalized spacial score (nSPS) is 11.4. The van der Waals surface area contributed by atoms with Gasteiger partial charge in [0.15, 0.2) is 0 Å². The van der Waals surface area contributed by atoms with Crippen LogP contribution in [0.2, 0.25) is 0 Å². The zero-order valence-corrected chi connectivity index (χ0v) is 13.0. The number of hydrogen-bond acceptors (Lipinski definition) is 3. The number of nitrogens with one attached hydrogen (secondary N) is 2. The van der Waals surface area contributed by atoms with Gasteiger partial charge in [-0.05, 0) is 24.0 Å². The van der Waals surface area contributed by atoms with E-state index in [-0.39, 0.29) is 23.5 Å². The first-order valence-electron chi connectivity index (χ1n) is 7.10. The molecule has 0 unspecified atom stereocenters. The summed E-state index contributed by atoms with van der Waals surface area (Å²) < 4.78 is 42.4. The number of aliphatic hydroxyl groups is 1. The zero-order chi connectivity index (χ0) is 17.5. The SMILES string of the molecule is CC(C)(CCO)CNC(=O)Nc1ccc(F)cc1OCC(F)F. The summed E-state index contributed by atoms with van der Waals surface area (Å²) in [6.07, 6.45) is -2.20. The van der Waals surface area contributed by atoms with Crippen molar-refractivity contribution in [1.82, 2.24) is 5.32 Å². The molecule has 0 aliphatic heterocycles. The van der Waals surface area contributed by atoms with Crippen LogP contribution in [0.5, 0.6) is 5.75 Å². The lowest BCUT2D eigenvalue weighted by molar-refractivity contribution is 0.0821. The number of halogens is 3. The summed E-state index contributed by atoms with van der Waals surface area (Å²) in [6, 6.07) is 2.66. The van der Waals surface area contributed by atoms with Crippen LogP contribution in [0, 0.1) is 11.2 Å². The van der Waals surface area contributed by atoms with Gasteiger partial charge in [-0.15, -0.1) is 0 Å². The largest absolute Gasteiger partial charge is 0.485 e. The maximum atomic E-state index is 13.2. The molecular weight excluding hydrogens is 313 g/mol.